The van der Waals surface area contributed by atoms with Gasteiger partial charge in [-0.3, -0.25) is 9.59 Å². The van der Waals surface area contributed by atoms with E-state index in [1.807, 2.05) is 6.07 Å². The third-order valence-corrected chi connectivity index (χ3v) is 4.99. The number of carbonyl (C=O) groups is 2. The largest absolute Gasteiger partial charge is 0.495 e. The lowest BCUT2D eigenvalue weighted by Gasteiger charge is -2.20. The SMILES string of the molecule is COc1ccc(NC(=O)C[C@@H]2CCC[C@H]2N)cc1N1CCCC1=O.Cl. The van der Waals surface area contributed by atoms with Crippen LogP contribution < -0.4 is 20.7 Å². The molecule has 138 valence electrons. The lowest BCUT2D eigenvalue weighted by atomic mass is 10.00. The number of rotatable bonds is 5. The zero-order valence-corrected chi connectivity index (χ0v) is 15.3. The van der Waals surface area contributed by atoms with Gasteiger partial charge in [0.1, 0.15) is 5.75 Å². The van der Waals surface area contributed by atoms with Gasteiger partial charge in [-0.05, 0) is 43.4 Å². The number of benzene rings is 1. The second-order valence-electron chi connectivity index (χ2n) is 6.64. The van der Waals surface area contributed by atoms with E-state index < -0.39 is 0 Å². The molecule has 1 aliphatic heterocycles. The Balaban J connectivity index is 0.00000225. The molecule has 25 heavy (non-hydrogen) atoms. The van der Waals surface area contributed by atoms with E-state index >= 15 is 0 Å². The molecule has 0 aromatic heterocycles. The van der Waals surface area contributed by atoms with E-state index in [9.17, 15) is 9.59 Å². The lowest BCUT2D eigenvalue weighted by molar-refractivity contribution is -0.117. The second kappa shape index (κ2) is 8.54. The summed E-state index contributed by atoms with van der Waals surface area (Å²) < 4.78 is 5.36. The highest BCUT2D eigenvalue weighted by Gasteiger charge is 2.27. The van der Waals surface area contributed by atoms with Crippen molar-refractivity contribution in [2.45, 2.75) is 44.6 Å². The topological polar surface area (TPSA) is 84.7 Å². The molecule has 1 aliphatic carbocycles. The Morgan fingerprint density at radius 1 is 1.36 bits per heavy atom. The maximum atomic E-state index is 12.3. The molecule has 0 unspecified atom stereocenters. The Hall–Kier alpha value is -1.79. The maximum Gasteiger partial charge on any atom is 0.227 e. The summed E-state index contributed by atoms with van der Waals surface area (Å²) in [5.41, 5.74) is 7.44. The fraction of sp³-hybridized carbons (Fsp3) is 0.556. The molecule has 1 aromatic carbocycles. The van der Waals surface area contributed by atoms with Gasteiger partial charge in [-0.25, -0.2) is 0 Å². The standard InChI is InChI=1S/C18H25N3O3.ClH/c1-24-16-8-7-13(11-15(16)21-9-3-6-18(21)23)20-17(22)10-12-4-2-5-14(12)19;/h7-8,11-12,14H,2-6,9-10,19H2,1H3,(H,20,22);1H/t12-,14+;/m0./s1. The number of ether oxygens (including phenoxy) is 1. The van der Waals surface area contributed by atoms with E-state index in [2.05, 4.69) is 5.32 Å². The quantitative estimate of drug-likeness (QED) is 0.837. The number of hydrogen-bond donors (Lipinski definition) is 2. The van der Waals surface area contributed by atoms with Crippen LogP contribution in [-0.4, -0.2) is 31.5 Å². The second-order valence-corrected chi connectivity index (χ2v) is 6.64. The number of anilines is 2. The zero-order chi connectivity index (χ0) is 17.1. The highest BCUT2D eigenvalue weighted by atomic mass is 35.5. The molecule has 1 aromatic rings. The molecule has 1 saturated carbocycles. The van der Waals surface area contributed by atoms with Crippen LogP contribution in [0.2, 0.25) is 0 Å². The molecule has 3 N–H and O–H groups in total. The van der Waals surface area contributed by atoms with E-state index in [0.717, 1.165) is 31.4 Å². The number of nitrogens with one attached hydrogen (secondary N) is 1. The van der Waals surface area contributed by atoms with Gasteiger partial charge in [0.2, 0.25) is 11.8 Å². The Bertz CT molecular complexity index is 638. The molecule has 3 rings (SSSR count). The van der Waals surface area contributed by atoms with Crippen LogP contribution in [0.25, 0.3) is 0 Å². The number of halogens is 1. The van der Waals surface area contributed by atoms with E-state index in [1.165, 1.54) is 0 Å². The van der Waals surface area contributed by atoms with Crippen molar-refractivity contribution >= 4 is 35.6 Å². The zero-order valence-electron chi connectivity index (χ0n) is 14.5. The number of carbonyl (C=O) groups excluding carboxylic acids is 2. The summed E-state index contributed by atoms with van der Waals surface area (Å²) in [6, 6.07) is 5.53. The fourth-order valence-electron chi connectivity index (χ4n) is 3.65. The third kappa shape index (κ3) is 4.44. The molecular weight excluding hydrogens is 342 g/mol. The Morgan fingerprint density at radius 3 is 2.76 bits per heavy atom. The van der Waals surface area contributed by atoms with Gasteiger partial charge < -0.3 is 20.7 Å². The summed E-state index contributed by atoms with van der Waals surface area (Å²) in [5.74, 6) is 0.971. The van der Waals surface area contributed by atoms with Crippen molar-refractivity contribution in [3.8, 4) is 5.75 Å². The normalized spacial score (nSPS) is 22.6. The van der Waals surface area contributed by atoms with Crippen molar-refractivity contribution in [3.05, 3.63) is 18.2 Å². The first kappa shape index (κ1) is 19.5. The number of hydrogen-bond acceptors (Lipinski definition) is 4. The molecule has 6 nitrogen and oxygen atoms in total. The summed E-state index contributed by atoms with van der Waals surface area (Å²) in [6.07, 6.45) is 4.97. The average Bonchev–Trinajstić information content (AvgIpc) is 3.16. The number of nitrogens with zero attached hydrogens (tertiary/aromatic N) is 1. The van der Waals surface area contributed by atoms with Crippen molar-refractivity contribution in [1.82, 2.24) is 0 Å². The van der Waals surface area contributed by atoms with Gasteiger partial charge in [0.15, 0.2) is 0 Å². The molecule has 0 radical (unpaired) electrons. The molecule has 0 bridgehead atoms. The minimum Gasteiger partial charge on any atom is -0.495 e. The number of methoxy groups -OCH3 is 1. The van der Waals surface area contributed by atoms with Crippen LogP contribution in [0.5, 0.6) is 5.75 Å². The molecule has 2 amide bonds. The summed E-state index contributed by atoms with van der Waals surface area (Å²) in [7, 11) is 1.58. The molecule has 1 saturated heterocycles. The minimum atomic E-state index is -0.0267. The van der Waals surface area contributed by atoms with Crippen LogP contribution >= 0.6 is 12.4 Å². The summed E-state index contributed by atoms with van der Waals surface area (Å²) >= 11 is 0. The van der Waals surface area contributed by atoms with E-state index in [-0.39, 0.29) is 36.2 Å². The molecule has 1 heterocycles. The number of nitrogens with two attached hydrogens (primary N) is 1. The van der Waals surface area contributed by atoms with Gasteiger partial charge in [0, 0.05) is 31.1 Å². The Morgan fingerprint density at radius 2 is 2.16 bits per heavy atom. The van der Waals surface area contributed by atoms with Crippen LogP contribution in [-0.2, 0) is 9.59 Å². The van der Waals surface area contributed by atoms with Crippen molar-refractivity contribution in [2.75, 3.05) is 23.9 Å². The first-order valence-corrected chi connectivity index (χ1v) is 8.62. The van der Waals surface area contributed by atoms with E-state index in [4.69, 9.17) is 10.5 Å². The van der Waals surface area contributed by atoms with E-state index in [1.54, 1.807) is 24.1 Å². The molecule has 2 fully saturated rings. The lowest BCUT2D eigenvalue weighted by Crippen LogP contribution is -2.28. The smallest absolute Gasteiger partial charge is 0.227 e. The Labute approximate surface area is 154 Å². The molecule has 2 aliphatic rings. The van der Waals surface area contributed by atoms with Crippen LogP contribution in [0.15, 0.2) is 18.2 Å². The summed E-state index contributed by atoms with van der Waals surface area (Å²) in [6.45, 7) is 0.684. The fourth-order valence-corrected chi connectivity index (χ4v) is 3.65. The highest BCUT2D eigenvalue weighted by Crippen LogP contribution is 2.34. The van der Waals surface area contributed by atoms with Crippen LogP contribution in [0.3, 0.4) is 0 Å². The molecular formula is C18H26ClN3O3. The van der Waals surface area contributed by atoms with Crippen LogP contribution in [0.4, 0.5) is 11.4 Å². The molecule has 2 atom stereocenters. The van der Waals surface area contributed by atoms with Gasteiger partial charge in [-0.15, -0.1) is 12.4 Å². The van der Waals surface area contributed by atoms with Crippen LogP contribution in [0, 0.1) is 5.92 Å². The van der Waals surface area contributed by atoms with Gasteiger partial charge >= 0.3 is 0 Å². The monoisotopic (exact) mass is 367 g/mol. The van der Waals surface area contributed by atoms with Crippen LogP contribution in [0.1, 0.15) is 38.5 Å². The summed E-state index contributed by atoms with van der Waals surface area (Å²) in [4.78, 5) is 26.0. The third-order valence-electron chi connectivity index (χ3n) is 4.99. The van der Waals surface area contributed by atoms with Gasteiger partial charge in [0.25, 0.3) is 0 Å². The first-order valence-electron chi connectivity index (χ1n) is 8.62. The number of amides is 2. The minimum absolute atomic E-state index is 0. The van der Waals surface area contributed by atoms with Crippen molar-refractivity contribution in [3.63, 3.8) is 0 Å². The average molecular weight is 368 g/mol. The summed E-state index contributed by atoms with van der Waals surface area (Å²) in [5, 5.41) is 2.93. The van der Waals surface area contributed by atoms with Crippen molar-refractivity contribution < 1.29 is 14.3 Å². The molecule has 0 spiro atoms. The first-order chi connectivity index (χ1) is 11.6. The van der Waals surface area contributed by atoms with Gasteiger partial charge in [-0.1, -0.05) is 6.42 Å². The predicted molar refractivity (Wildman–Crippen MR) is 100 cm³/mol. The molecule has 7 heteroatoms. The Kier molecular flexibility index (Phi) is 6.67. The van der Waals surface area contributed by atoms with Crippen molar-refractivity contribution in [2.24, 2.45) is 11.7 Å². The highest BCUT2D eigenvalue weighted by molar-refractivity contribution is 5.98. The predicted octanol–water partition coefficient (Wildman–Crippen LogP) is 2.70. The van der Waals surface area contributed by atoms with Gasteiger partial charge in [-0.2, -0.15) is 0 Å². The van der Waals surface area contributed by atoms with Gasteiger partial charge in [0.05, 0.1) is 12.8 Å². The van der Waals surface area contributed by atoms with Crippen molar-refractivity contribution in [1.29, 1.82) is 0 Å². The maximum absolute atomic E-state index is 12.3. The van der Waals surface area contributed by atoms with E-state index in [0.29, 0.717) is 30.8 Å².